The number of nitrogens with one attached hydrogen (secondary N) is 1. The minimum Gasteiger partial charge on any atom is -0.315 e. The minimum absolute atomic E-state index is 0.435. The highest BCUT2D eigenvalue weighted by atomic mass is 32.2. The number of thiophene rings is 2. The third kappa shape index (κ3) is 3.54. The van der Waals surface area contributed by atoms with Gasteiger partial charge in [-0.1, -0.05) is 13.0 Å². The van der Waals surface area contributed by atoms with Gasteiger partial charge in [0.05, 0.1) is 0 Å². The summed E-state index contributed by atoms with van der Waals surface area (Å²) in [7, 11) is -1.63. The third-order valence-electron chi connectivity index (χ3n) is 3.19. The minimum atomic E-state index is -3.46. The standard InChI is InChI=1S/C14H20N2O2S3/c1-4-16(9-12-6-5-7-19-12)21(17,18)14-11(2)10-20-13(14)8-15-3/h5-7,10,15H,4,8-9H2,1-3H3. The van der Waals surface area contributed by atoms with Crippen LogP contribution in [0.3, 0.4) is 0 Å². The summed E-state index contributed by atoms with van der Waals surface area (Å²) in [5.74, 6) is 0. The molecule has 2 rings (SSSR count). The Morgan fingerprint density at radius 2 is 2.10 bits per heavy atom. The van der Waals surface area contributed by atoms with E-state index < -0.39 is 10.0 Å². The topological polar surface area (TPSA) is 49.4 Å². The Balaban J connectivity index is 2.37. The average molecular weight is 345 g/mol. The van der Waals surface area contributed by atoms with Crippen molar-refractivity contribution in [2.75, 3.05) is 13.6 Å². The van der Waals surface area contributed by atoms with Crippen LogP contribution >= 0.6 is 22.7 Å². The van der Waals surface area contributed by atoms with Crippen LogP contribution in [0.2, 0.25) is 0 Å². The molecule has 4 nitrogen and oxygen atoms in total. The molecule has 2 aromatic rings. The highest BCUT2D eigenvalue weighted by molar-refractivity contribution is 7.89. The van der Waals surface area contributed by atoms with Crippen molar-refractivity contribution in [2.45, 2.75) is 31.8 Å². The molecule has 0 aliphatic carbocycles. The molecule has 0 bridgehead atoms. The van der Waals surface area contributed by atoms with Crippen molar-refractivity contribution in [3.8, 4) is 0 Å². The molecule has 0 saturated carbocycles. The summed E-state index contributed by atoms with van der Waals surface area (Å²) in [5, 5.41) is 6.93. The molecule has 0 fully saturated rings. The van der Waals surface area contributed by atoms with Crippen LogP contribution in [-0.2, 0) is 23.1 Å². The number of hydrogen-bond acceptors (Lipinski definition) is 5. The largest absolute Gasteiger partial charge is 0.315 e. The molecular weight excluding hydrogens is 324 g/mol. The Morgan fingerprint density at radius 1 is 1.33 bits per heavy atom. The van der Waals surface area contributed by atoms with Crippen LogP contribution in [0, 0.1) is 6.92 Å². The van der Waals surface area contributed by atoms with E-state index >= 15 is 0 Å². The van der Waals surface area contributed by atoms with Crippen LogP contribution in [0.4, 0.5) is 0 Å². The Hall–Kier alpha value is -0.730. The summed E-state index contributed by atoms with van der Waals surface area (Å²) in [6.45, 7) is 5.22. The Bertz CT molecular complexity index is 675. The molecule has 7 heteroatoms. The maximum Gasteiger partial charge on any atom is 0.244 e. The molecule has 0 amide bonds. The smallest absolute Gasteiger partial charge is 0.244 e. The molecule has 0 spiro atoms. The van der Waals surface area contributed by atoms with E-state index in [2.05, 4.69) is 5.32 Å². The summed E-state index contributed by atoms with van der Waals surface area (Å²) in [6.07, 6.45) is 0. The molecule has 116 valence electrons. The molecule has 0 radical (unpaired) electrons. The second-order valence-corrected chi connectivity index (χ2v) is 8.58. The zero-order valence-corrected chi connectivity index (χ0v) is 14.9. The normalized spacial score (nSPS) is 12.2. The van der Waals surface area contributed by atoms with Gasteiger partial charge in [0.2, 0.25) is 10.0 Å². The fourth-order valence-electron chi connectivity index (χ4n) is 2.19. The van der Waals surface area contributed by atoms with Crippen LogP contribution in [0.25, 0.3) is 0 Å². The lowest BCUT2D eigenvalue weighted by Gasteiger charge is -2.21. The van der Waals surface area contributed by atoms with Gasteiger partial charge in [-0.15, -0.1) is 22.7 Å². The molecule has 21 heavy (non-hydrogen) atoms. The summed E-state index contributed by atoms with van der Waals surface area (Å²) in [4.78, 5) is 2.41. The van der Waals surface area contributed by atoms with Crippen molar-refractivity contribution in [3.05, 3.63) is 38.2 Å². The molecule has 0 aliphatic rings. The number of hydrogen-bond donors (Lipinski definition) is 1. The van der Waals surface area contributed by atoms with Gasteiger partial charge in [-0.25, -0.2) is 8.42 Å². The molecule has 0 aromatic carbocycles. The van der Waals surface area contributed by atoms with E-state index in [4.69, 9.17) is 0 Å². The first-order valence-corrected chi connectivity index (χ1v) is 9.94. The first-order valence-electron chi connectivity index (χ1n) is 6.74. The number of rotatable bonds is 7. The molecule has 0 saturated heterocycles. The summed E-state index contributed by atoms with van der Waals surface area (Å²) < 4.78 is 27.5. The maximum atomic E-state index is 13.0. The van der Waals surface area contributed by atoms with Crippen molar-refractivity contribution in [3.63, 3.8) is 0 Å². The van der Waals surface area contributed by atoms with Gasteiger partial charge in [-0.05, 0) is 36.4 Å². The van der Waals surface area contributed by atoms with Crippen molar-refractivity contribution in [1.82, 2.24) is 9.62 Å². The molecule has 0 atom stereocenters. The fourth-order valence-corrected chi connectivity index (χ4v) is 6.19. The van der Waals surface area contributed by atoms with Gasteiger partial charge in [-0.2, -0.15) is 4.31 Å². The van der Waals surface area contributed by atoms with E-state index in [1.54, 1.807) is 15.6 Å². The van der Waals surface area contributed by atoms with Gasteiger partial charge in [0.15, 0.2) is 0 Å². The highest BCUT2D eigenvalue weighted by Crippen LogP contribution is 2.30. The lowest BCUT2D eigenvalue weighted by atomic mass is 10.3. The fraction of sp³-hybridized carbons (Fsp3) is 0.429. The summed E-state index contributed by atoms with van der Waals surface area (Å²) in [5.41, 5.74) is 0.829. The molecular formula is C14H20N2O2S3. The number of nitrogens with zero attached hydrogens (tertiary/aromatic N) is 1. The van der Waals surface area contributed by atoms with Crippen molar-refractivity contribution >= 4 is 32.7 Å². The third-order valence-corrected chi connectivity index (χ3v) is 7.44. The second kappa shape index (κ2) is 7.02. The second-order valence-electron chi connectivity index (χ2n) is 4.71. The van der Waals surface area contributed by atoms with Gasteiger partial charge in [-0.3, -0.25) is 0 Å². The predicted molar refractivity (Wildman–Crippen MR) is 89.4 cm³/mol. The summed E-state index contributed by atoms with van der Waals surface area (Å²) in [6, 6.07) is 3.92. The number of aryl methyl sites for hydroxylation is 1. The van der Waals surface area contributed by atoms with Gasteiger partial charge in [0, 0.05) is 29.4 Å². The lowest BCUT2D eigenvalue weighted by Crippen LogP contribution is -2.31. The monoisotopic (exact) mass is 344 g/mol. The first kappa shape index (κ1) is 16.6. The van der Waals surface area contributed by atoms with E-state index in [-0.39, 0.29) is 0 Å². The zero-order chi connectivity index (χ0) is 15.5. The van der Waals surface area contributed by atoms with Crippen LogP contribution < -0.4 is 5.32 Å². The average Bonchev–Trinajstić information content (AvgIpc) is 3.06. The Morgan fingerprint density at radius 3 is 2.67 bits per heavy atom. The van der Waals surface area contributed by atoms with Gasteiger partial charge >= 0.3 is 0 Å². The van der Waals surface area contributed by atoms with E-state index in [1.807, 2.05) is 43.8 Å². The zero-order valence-electron chi connectivity index (χ0n) is 12.4. The van der Waals surface area contributed by atoms with E-state index in [9.17, 15) is 8.42 Å². The summed E-state index contributed by atoms with van der Waals surface area (Å²) >= 11 is 3.08. The quantitative estimate of drug-likeness (QED) is 0.840. The van der Waals surface area contributed by atoms with Gasteiger partial charge in [0.25, 0.3) is 0 Å². The Kier molecular flexibility index (Phi) is 5.56. The van der Waals surface area contributed by atoms with Crippen LogP contribution in [0.1, 0.15) is 22.2 Å². The van der Waals surface area contributed by atoms with Gasteiger partial charge in [0.1, 0.15) is 4.90 Å². The molecule has 1 N–H and O–H groups in total. The molecule has 2 heterocycles. The van der Waals surface area contributed by atoms with Crippen LogP contribution in [0.15, 0.2) is 27.8 Å². The van der Waals surface area contributed by atoms with Crippen molar-refractivity contribution < 1.29 is 8.42 Å². The van der Waals surface area contributed by atoms with E-state index in [0.717, 1.165) is 15.3 Å². The van der Waals surface area contributed by atoms with E-state index in [0.29, 0.717) is 24.5 Å². The van der Waals surface area contributed by atoms with Crippen LogP contribution in [-0.4, -0.2) is 26.3 Å². The molecule has 0 aliphatic heterocycles. The SMILES string of the molecule is CCN(Cc1cccs1)S(=O)(=O)c1c(C)csc1CNC. The van der Waals surface area contributed by atoms with Crippen molar-refractivity contribution in [1.29, 1.82) is 0 Å². The molecule has 0 unspecified atom stereocenters. The predicted octanol–water partition coefficient (Wildman–Crippen LogP) is 3.05. The maximum absolute atomic E-state index is 13.0. The number of sulfonamides is 1. The van der Waals surface area contributed by atoms with E-state index in [1.165, 1.54) is 11.3 Å². The van der Waals surface area contributed by atoms with Gasteiger partial charge < -0.3 is 5.32 Å². The molecule has 2 aromatic heterocycles. The Labute approximate surface area is 134 Å². The van der Waals surface area contributed by atoms with Crippen molar-refractivity contribution in [2.24, 2.45) is 0 Å². The lowest BCUT2D eigenvalue weighted by molar-refractivity contribution is 0.425. The highest BCUT2D eigenvalue weighted by Gasteiger charge is 2.29. The van der Waals surface area contributed by atoms with Crippen LogP contribution in [0.5, 0.6) is 0 Å². The first-order chi connectivity index (χ1) is 10.0.